The molecule has 4 N–H and O–H groups in total. The highest BCUT2D eigenvalue weighted by Gasteiger charge is 2.43. The van der Waals surface area contributed by atoms with Crippen LogP contribution in [-0.2, 0) is 22.4 Å². The van der Waals surface area contributed by atoms with Crippen molar-refractivity contribution in [3.05, 3.63) is 102 Å². The first-order valence-electron chi connectivity index (χ1n) is 17.0. The number of aromatic amines is 2. The van der Waals surface area contributed by atoms with Crippen molar-refractivity contribution in [2.75, 3.05) is 18.6 Å². The first-order chi connectivity index (χ1) is 24.5. The van der Waals surface area contributed by atoms with E-state index in [1.165, 1.54) is 13.5 Å². The van der Waals surface area contributed by atoms with Crippen LogP contribution in [0.5, 0.6) is 0 Å². The van der Waals surface area contributed by atoms with Gasteiger partial charge in [0.05, 0.1) is 71.6 Å². The van der Waals surface area contributed by atoms with E-state index in [2.05, 4.69) is 43.8 Å². The van der Waals surface area contributed by atoms with Crippen molar-refractivity contribution in [1.29, 1.82) is 0 Å². The van der Waals surface area contributed by atoms with Gasteiger partial charge >= 0.3 is 6.09 Å². The van der Waals surface area contributed by atoms with Crippen LogP contribution in [-0.4, -0.2) is 61.6 Å². The predicted octanol–water partition coefficient (Wildman–Crippen LogP) is 6.22. The number of H-pyrrole nitrogens is 2. The quantitative estimate of drug-likeness (QED) is 0.160. The zero-order chi connectivity index (χ0) is 33.8. The molecule has 12 nitrogen and oxygen atoms in total. The van der Waals surface area contributed by atoms with Crippen molar-refractivity contribution < 1.29 is 14.3 Å². The maximum atomic E-state index is 13.9. The number of ether oxygens (including phenoxy) is 1. The molecule has 0 spiro atoms. The van der Waals surface area contributed by atoms with E-state index in [1.54, 1.807) is 6.20 Å². The smallest absolute Gasteiger partial charge is 0.407 e. The van der Waals surface area contributed by atoms with Gasteiger partial charge in [-0.2, -0.15) is 0 Å². The van der Waals surface area contributed by atoms with E-state index in [4.69, 9.17) is 19.7 Å². The Morgan fingerprint density at radius 2 is 1.61 bits per heavy atom. The second kappa shape index (κ2) is 13.3. The van der Waals surface area contributed by atoms with Gasteiger partial charge in [-0.15, -0.1) is 12.4 Å². The van der Waals surface area contributed by atoms with Crippen LogP contribution < -0.4 is 15.5 Å². The van der Waals surface area contributed by atoms with Crippen LogP contribution in [0.2, 0.25) is 0 Å². The number of hydrogen-bond acceptors (Lipinski definition) is 8. The van der Waals surface area contributed by atoms with Gasteiger partial charge in [-0.05, 0) is 61.1 Å². The molecular formula is C38H36ClN9O3. The molecule has 1 fully saturated rings. The number of benzene rings is 3. The second-order valence-electron chi connectivity index (χ2n) is 13.1. The second-order valence-corrected chi connectivity index (χ2v) is 13.1. The van der Waals surface area contributed by atoms with Gasteiger partial charge in [0.1, 0.15) is 17.7 Å². The van der Waals surface area contributed by atoms with Gasteiger partial charge in [0.25, 0.3) is 0 Å². The summed E-state index contributed by atoms with van der Waals surface area (Å²) < 4.78 is 4.80. The third kappa shape index (κ3) is 5.89. The normalized spacial score (nSPS) is 19.4. The molecular weight excluding hydrogens is 666 g/mol. The molecule has 3 aromatic heterocycles. The maximum Gasteiger partial charge on any atom is 0.407 e. The number of rotatable bonds is 6. The number of aromatic nitrogens is 6. The van der Waals surface area contributed by atoms with Crippen molar-refractivity contribution in [3.63, 3.8) is 0 Å². The third-order valence-corrected chi connectivity index (χ3v) is 10.1. The summed E-state index contributed by atoms with van der Waals surface area (Å²) in [6, 6.07) is 19.7. The van der Waals surface area contributed by atoms with Gasteiger partial charge in [0, 0.05) is 17.5 Å². The molecule has 0 radical (unpaired) electrons. The zero-order valence-electron chi connectivity index (χ0n) is 27.8. The van der Waals surface area contributed by atoms with Crippen molar-refractivity contribution >= 4 is 41.1 Å². The molecule has 3 aliphatic rings. The van der Waals surface area contributed by atoms with Gasteiger partial charge in [-0.1, -0.05) is 48.5 Å². The lowest BCUT2D eigenvalue weighted by atomic mass is 10.0. The average Bonchev–Trinajstić information content (AvgIpc) is 3.98. The number of nitrogens with one attached hydrogen (secondary N) is 4. The molecule has 3 atom stereocenters. The van der Waals surface area contributed by atoms with E-state index >= 15 is 0 Å². The van der Waals surface area contributed by atoms with Crippen LogP contribution in [0, 0.1) is 0 Å². The van der Waals surface area contributed by atoms with Crippen LogP contribution in [0.3, 0.4) is 0 Å². The van der Waals surface area contributed by atoms with E-state index < -0.39 is 12.1 Å². The van der Waals surface area contributed by atoms with Gasteiger partial charge < -0.3 is 25.3 Å². The summed E-state index contributed by atoms with van der Waals surface area (Å²) in [5, 5.41) is 6.22. The number of aryl methyl sites for hydroxylation is 1. The number of hydrogen-bond donors (Lipinski definition) is 4. The number of amides is 2. The summed E-state index contributed by atoms with van der Waals surface area (Å²) in [6.45, 7) is 1.03. The molecule has 3 aromatic carbocycles. The molecule has 0 unspecified atom stereocenters. The van der Waals surface area contributed by atoms with Crippen LogP contribution in [0.1, 0.15) is 54.1 Å². The zero-order valence-corrected chi connectivity index (χ0v) is 28.7. The largest absolute Gasteiger partial charge is 0.453 e. The summed E-state index contributed by atoms with van der Waals surface area (Å²) in [4.78, 5) is 53.7. The molecule has 258 valence electrons. The van der Waals surface area contributed by atoms with E-state index in [0.29, 0.717) is 25.1 Å². The van der Waals surface area contributed by atoms with Gasteiger partial charge in [-0.25, -0.2) is 19.7 Å². The molecule has 6 aromatic rings. The Kier molecular flexibility index (Phi) is 8.48. The standard InChI is InChI=1S/C38H35N9O3.ClH/c1-50-38(49)46-28-14-11-23-4-2-5-25-17-33(47(34(23)25)37(28)48)36-42-19-31(45-36)22-9-7-21(8-10-22)30-18-40-29-16-24(12-13-26(29)43-30)32-20-41-35(44-32)27-6-3-15-39-27;/h2,4-5,7-10,12-13,16,18-20,27-28,33,39H,3,6,11,14-15,17H2,1H3,(H,41,44)(H,42,45)(H,46,49);1H/t27-,28-,33-;/m0./s1. The molecule has 9 rings (SSSR count). The fraction of sp³-hybridized carbons (Fsp3) is 0.263. The number of imidazole rings is 2. The highest BCUT2D eigenvalue weighted by atomic mass is 35.5. The minimum Gasteiger partial charge on any atom is -0.453 e. The maximum absolute atomic E-state index is 13.9. The Labute approximate surface area is 299 Å². The minimum absolute atomic E-state index is 0. The highest BCUT2D eigenvalue weighted by Crippen LogP contribution is 2.44. The molecule has 6 heterocycles. The van der Waals surface area contributed by atoms with E-state index in [-0.39, 0.29) is 30.4 Å². The molecule has 0 bridgehead atoms. The molecule has 1 saturated heterocycles. The number of anilines is 1. The highest BCUT2D eigenvalue weighted by molar-refractivity contribution is 6.02. The Morgan fingerprint density at radius 3 is 2.41 bits per heavy atom. The Morgan fingerprint density at radius 1 is 0.863 bits per heavy atom. The minimum atomic E-state index is -0.686. The Hall–Kier alpha value is -5.59. The molecule has 13 heteroatoms. The molecule has 0 saturated carbocycles. The molecule has 51 heavy (non-hydrogen) atoms. The number of alkyl carbamates (subject to hydrolysis) is 1. The Bertz CT molecular complexity index is 2260. The molecule has 0 aliphatic carbocycles. The van der Waals surface area contributed by atoms with E-state index in [1.807, 2.05) is 59.8 Å². The fourth-order valence-electron chi connectivity index (χ4n) is 7.55. The SMILES string of the molecule is COC(=O)N[C@H]1CCc2cccc3c2N(C1=O)[C@H](c1ncc(-c2ccc(-c4cnc5cc(-c6cnc([C@@H]7CCCN7)[nH]6)ccc5n4)cc2)[nH]1)C3.Cl. The summed E-state index contributed by atoms with van der Waals surface area (Å²) in [6.07, 6.45) is 8.96. The lowest BCUT2D eigenvalue weighted by Gasteiger charge is -2.27. The topological polar surface area (TPSA) is 154 Å². The summed E-state index contributed by atoms with van der Waals surface area (Å²) >= 11 is 0. The van der Waals surface area contributed by atoms with Crippen molar-refractivity contribution in [2.45, 2.75) is 50.2 Å². The number of carbonyl (C=O) groups excluding carboxylic acids is 2. The lowest BCUT2D eigenvalue weighted by molar-refractivity contribution is -0.121. The number of fused-ring (bicyclic) bond motifs is 1. The van der Waals surface area contributed by atoms with Crippen molar-refractivity contribution in [1.82, 2.24) is 40.5 Å². The van der Waals surface area contributed by atoms with Crippen molar-refractivity contribution in [2.24, 2.45) is 0 Å². The molecule has 2 amide bonds. The molecule has 3 aliphatic heterocycles. The fourth-order valence-corrected chi connectivity index (χ4v) is 7.55. The average molecular weight is 702 g/mol. The first kappa shape index (κ1) is 32.6. The summed E-state index contributed by atoms with van der Waals surface area (Å²) in [5.74, 6) is 1.51. The van der Waals surface area contributed by atoms with Gasteiger partial charge in [0.2, 0.25) is 5.91 Å². The number of halogens is 1. The summed E-state index contributed by atoms with van der Waals surface area (Å²) in [5.41, 5.74) is 10.3. The lowest BCUT2D eigenvalue weighted by Crippen LogP contribution is -2.48. The van der Waals surface area contributed by atoms with Crippen LogP contribution in [0.15, 0.2) is 79.3 Å². The summed E-state index contributed by atoms with van der Waals surface area (Å²) in [7, 11) is 1.30. The van der Waals surface area contributed by atoms with E-state index in [9.17, 15) is 9.59 Å². The number of carbonyl (C=O) groups is 2. The van der Waals surface area contributed by atoms with Crippen LogP contribution in [0.25, 0.3) is 44.8 Å². The van der Waals surface area contributed by atoms with E-state index in [0.717, 1.165) is 80.4 Å². The number of methoxy groups -OCH3 is 1. The number of para-hydroxylation sites is 1. The monoisotopic (exact) mass is 701 g/mol. The van der Waals surface area contributed by atoms with Crippen LogP contribution >= 0.6 is 12.4 Å². The Balaban J connectivity index is 0.00000374. The predicted molar refractivity (Wildman–Crippen MR) is 195 cm³/mol. The van der Waals surface area contributed by atoms with Gasteiger partial charge in [0.15, 0.2) is 0 Å². The van der Waals surface area contributed by atoms with Crippen LogP contribution in [0.4, 0.5) is 10.5 Å². The third-order valence-electron chi connectivity index (χ3n) is 10.1. The van der Waals surface area contributed by atoms with Gasteiger partial charge in [-0.3, -0.25) is 14.7 Å². The number of nitrogens with zero attached hydrogens (tertiary/aromatic N) is 5. The first-order valence-corrected chi connectivity index (χ1v) is 17.0. The van der Waals surface area contributed by atoms with Crippen molar-refractivity contribution in [3.8, 4) is 33.8 Å².